The minimum Gasteiger partial charge on any atom is -0.793 e. The number of aliphatic hydroxyl groups is 2. The predicted octanol–water partition coefficient (Wildman–Crippen LogP) is 7.24. The number of fused-ring (bicyclic) bond motifs is 2. The topological polar surface area (TPSA) is 121 Å². The summed E-state index contributed by atoms with van der Waals surface area (Å²) in [5.41, 5.74) is 8.74. The molecular formula is C45H53Br2N4NaO6S3. The molecule has 0 aliphatic rings. The van der Waals surface area contributed by atoms with Crippen molar-refractivity contribution in [2.24, 2.45) is 0 Å². The predicted molar refractivity (Wildman–Crippen MR) is 263 cm³/mol. The normalized spacial score (nSPS) is 11.1. The first-order valence-corrected chi connectivity index (χ1v) is 23.1. The number of phenolic OH excluding ortho intramolecular Hbond substituents is 1. The van der Waals surface area contributed by atoms with Crippen molar-refractivity contribution >= 4 is 123 Å². The van der Waals surface area contributed by atoms with E-state index in [1.807, 2.05) is 62.5 Å². The number of methoxy groups -OCH3 is 1. The van der Waals surface area contributed by atoms with Gasteiger partial charge in [-0.15, -0.1) is 22.7 Å². The molecule has 61 heavy (non-hydrogen) atoms. The van der Waals surface area contributed by atoms with Crippen LogP contribution in [0.15, 0.2) is 69.6 Å². The number of hydrogen-bond acceptors (Lipinski definition) is 13. The maximum absolute atomic E-state index is 9.60. The van der Waals surface area contributed by atoms with Crippen molar-refractivity contribution in [1.82, 2.24) is 9.97 Å². The van der Waals surface area contributed by atoms with E-state index in [2.05, 4.69) is 106 Å². The van der Waals surface area contributed by atoms with Crippen LogP contribution in [0.4, 0.5) is 11.4 Å². The number of rotatable bonds is 17. The first-order chi connectivity index (χ1) is 28.9. The van der Waals surface area contributed by atoms with Gasteiger partial charge in [0.2, 0.25) is 0 Å². The van der Waals surface area contributed by atoms with Crippen LogP contribution in [0.1, 0.15) is 39.2 Å². The summed E-state index contributed by atoms with van der Waals surface area (Å²) in [4.78, 5) is 13.8. The van der Waals surface area contributed by atoms with Gasteiger partial charge in [-0.25, -0.2) is 9.97 Å². The molecule has 0 saturated heterocycles. The summed E-state index contributed by atoms with van der Waals surface area (Å²) in [5.74, 6) is 1.88. The van der Waals surface area contributed by atoms with E-state index in [-0.39, 0.29) is 48.5 Å². The molecule has 0 bridgehead atoms. The van der Waals surface area contributed by atoms with E-state index in [9.17, 15) is 5.11 Å². The molecule has 6 rings (SSSR count). The molecule has 0 fully saturated rings. The smallest absolute Gasteiger partial charge is 0.793 e. The van der Waals surface area contributed by atoms with Crippen molar-refractivity contribution in [1.29, 1.82) is 0 Å². The van der Waals surface area contributed by atoms with Crippen LogP contribution < -0.4 is 44.1 Å². The van der Waals surface area contributed by atoms with Gasteiger partial charge in [-0.05, 0) is 129 Å². The number of phenols is 1. The maximum Gasteiger partial charge on any atom is 1.00 e. The Kier molecular flexibility index (Phi) is 23.9. The van der Waals surface area contributed by atoms with Gasteiger partial charge in [0.25, 0.3) is 0 Å². The van der Waals surface area contributed by atoms with Gasteiger partial charge in [0.1, 0.15) is 21.5 Å². The summed E-state index contributed by atoms with van der Waals surface area (Å²) in [6, 6.07) is 20.0. The Hall–Kier alpha value is -2.51. The molecule has 0 aliphatic heterocycles. The Labute approximate surface area is 412 Å². The second-order valence-corrected chi connectivity index (χ2v) is 17.8. The third kappa shape index (κ3) is 16.5. The second kappa shape index (κ2) is 27.6. The Balaban J connectivity index is 0.000000301. The summed E-state index contributed by atoms with van der Waals surface area (Å²) in [6.07, 6.45) is 8.08. The van der Waals surface area contributed by atoms with Crippen LogP contribution >= 0.6 is 54.5 Å². The van der Waals surface area contributed by atoms with Crippen molar-refractivity contribution in [2.45, 2.75) is 20.8 Å². The summed E-state index contributed by atoms with van der Waals surface area (Å²) < 4.78 is 19.9. The van der Waals surface area contributed by atoms with E-state index >= 15 is 0 Å². The maximum atomic E-state index is 9.60. The van der Waals surface area contributed by atoms with E-state index in [4.69, 9.17) is 34.4 Å². The average molecular weight is 1020 g/mol. The zero-order valence-electron chi connectivity index (χ0n) is 35.8. The van der Waals surface area contributed by atoms with Gasteiger partial charge in [0.15, 0.2) is 0 Å². The zero-order valence-corrected chi connectivity index (χ0v) is 43.4. The van der Waals surface area contributed by atoms with E-state index in [0.29, 0.717) is 30.9 Å². The number of thiazole rings is 2. The van der Waals surface area contributed by atoms with Crippen LogP contribution in [-0.2, 0) is 22.1 Å². The summed E-state index contributed by atoms with van der Waals surface area (Å²) in [7, 11) is 5.76. The third-order valence-corrected chi connectivity index (χ3v) is 12.1. The molecule has 0 amide bonds. The number of aromatic nitrogens is 2. The van der Waals surface area contributed by atoms with Gasteiger partial charge in [-0.1, -0.05) is 31.2 Å². The SMILES string of the molecule is CC[S-].COc1ccc(/C=C/c2nc3cc(C)c(N(C)CCOCCO)cc3s2)cc1Br.Cc1cc2nc(/C=C/c3ccc(O)c(Br)c3)sc2cc1N(C)CCOCCO.[Na+]. The van der Waals surface area contributed by atoms with E-state index in [1.165, 1.54) is 16.8 Å². The molecule has 0 spiro atoms. The first-order valence-electron chi connectivity index (χ1n) is 19.3. The standard InChI is InChI=1S/C22H25BrN2O3S.C21H23BrN2O3S.C2H6S.Na/c1-15-12-18-21(14-19(15)25(2)8-10-28-11-9-26)29-22(24-18)7-5-16-4-6-20(27-3)17(23)13-16;1-14-11-17-20(13-18(14)24(2)7-9-27-10-8-25)28-21(23-17)6-4-15-3-5-19(26)16(22)12-15;1-2-3;/h4-7,12-14,26H,8-11H2,1-3H3;3-6,11-13,25-26H,7-10H2,1-2H3;3H,2H2,1H3;/q;;;+1/p-1/b7-5+;6-4+;;. The van der Waals surface area contributed by atoms with E-state index in [1.54, 1.807) is 35.8 Å². The molecule has 6 aromatic rings. The van der Waals surface area contributed by atoms with Gasteiger partial charge in [-0.2, -0.15) is 5.75 Å². The number of ether oxygens (including phenoxy) is 3. The molecule has 3 N–H and O–H groups in total. The van der Waals surface area contributed by atoms with Crippen LogP contribution in [0.2, 0.25) is 0 Å². The van der Waals surface area contributed by atoms with Gasteiger partial charge in [0.05, 0.1) is 76.1 Å². The van der Waals surface area contributed by atoms with Crippen LogP contribution in [0.25, 0.3) is 44.7 Å². The summed E-state index contributed by atoms with van der Waals surface area (Å²) in [6.45, 7) is 9.66. The van der Waals surface area contributed by atoms with Crippen molar-refractivity contribution in [3.63, 3.8) is 0 Å². The molecule has 2 heterocycles. The van der Waals surface area contributed by atoms with Gasteiger partial charge in [0, 0.05) is 38.6 Å². The molecule has 0 radical (unpaired) electrons. The number of benzene rings is 4. The number of hydrogen-bond donors (Lipinski definition) is 3. The molecule has 4 aromatic carbocycles. The third-order valence-electron chi connectivity index (χ3n) is 8.87. The van der Waals surface area contributed by atoms with E-state index < -0.39 is 0 Å². The number of aryl methyl sites for hydroxylation is 2. The fraction of sp³-hybridized carbons (Fsp3) is 0.333. The van der Waals surface area contributed by atoms with Crippen molar-refractivity contribution in [3.05, 3.63) is 102 Å². The van der Waals surface area contributed by atoms with Crippen molar-refractivity contribution < 1.29 is 59.1 Å². The molecular weight excluding hydrogens is 972 g/mol. The van der Waals surface area contributed by atoms with Crippen LogP contribution in [0, 0.1) is 13.8 Å². The monoisotopic (exact) mass is 1020 g/mol. The molecule has 322 valence electrons. The Morgan fingerprint density at radius 2 is 1.13 bits per heavy atom. The quantitative estimate of drug-likeness (QED) is 0.0488. The minimum absolute atomic E-state index is 0. The number of halogens is 2. The molecule has 0 saturated carbocycles. The van der Waals surface area contributed by atoms with Crippen LogP contribution in [-0.4, -0.2) is 105 Å². The minimum atomic E-state index is 0. The fourth-order valence-electron chi connectivity index (χ4n) is 5.86. The van der Waals surface area contributed by atoms with Crippen molar-refractivity contribution in [3.8, 4) is 11.5 Å². The number of likely N-dealkylation sites (N-methyl/N-ethyl adjacent to an activating group) is 2. The van der Waals surface area contributed by atoms with Gasteiger partial charge < -0.3 is 52.0 Å². The Bertz CT molecular complexity index is 2340. The molecule has 10 nitrogen and oxygen atoms in total. The number of nitrogens with zero attached hydrogens (tertiary/aromatic N) is 4. The molecule has 0 aliphatic carbocycles. The summed E-state index contributed by atoms with van der Waals surface area (Å²) >= 11 is 14.6. The number of aliphatic hydroxyl groups excluding tert-OH is 2. The van der Waals surface area contributed by atoms with Crippen molar-refractivity contribution in [2.75, 3.05) is 89.5 Å². The first kappa shape index (κ1) is 52.8. The van der Waals surface area contributed by atoms with Gasteiger partial charge >= 0.3 is 29.6 Å². The van der Waals surface area contributed by atoms with Crippen LogP contribution in [0.3, 0.4) is 0 Å². The van der Waals surface area contributed by atoms with Gasteiger partial charge in [-0.3, -0.25) is 0 Å². The molecule has 0 atom stereocenters. The Morgan fingerprint density at radius 1 is 0.689 bits per heavy atom. The van der Waals surface area contributed by atoms with Crippen LogP contribution in [0.5, 0.6) is 11.5 Å². The fourth-order valence-corrected chi connectivity index (χ4v) is 8.59. The Morgan fingerprint density at radius 3 is 1.54 bits per heavy atom. The second-order valence-electron chi connectivity index (χ2n) is 13.4. The largest absolute Gasteiger partial charge is 1.00 e. The zero-order chi connectivity index (χ0) is 43.6. The molecule has 2 aromatic heterocycles. The average Bonchev–Trinajstić information content (AvgIpc) is 3.83. The molecule has 0 unspecified atom stereocenters. The molecule has 16 heteroatoms. The number of anilines is 2. The number of aromatic hydroxyl groups is 1. The van der Waals surface area contributed by atoms with E-state index in [0.717, 1.165) is 76.3 Å². The summed E-state index contributed by atoms with van der Waals surface area (Å²) in [5, 5.41) is 29.1.